The van der Waals surface area contributed by atoms with Crippen LogP contribution in [-0.2, 0) is 0 Å². The Morgan fingerprint density at radius 3 is 2.67 bits per heavy atom. The van der Waals surface area contributed by atoms with Gasteiger partial charge in [0.05, 0.1) is 5.69 Å². The van der Waals surface area contributed by atoms with Crippen LogP contribution >= 0.6 is 0 Å². The van der Waals surface area contributed by atoms with E-state index >= 15 is 4.39 Å². The van der Waals surface area contributed by atoms with Gasteiger partial charge in [-0.15, -0.1) is 0 Å². The number of hydrogen-bond acceptors (Lipinski definition) is 8. The average molecular weight is 496 g/mol. The van der Waals surface area contributed by atoms with Gasteiger partial charge in [0, 0.05) is 48.5 Å². The third-order valence-electron chi connectivity index (χ3n) is 6.11. The van der Waals surface area contributed by atoms with Gasteiger partial charge in [0.2, 0.25) is 5.88 Å². The smallest absolute Gasteiger partial charge is 0.231 e. The molecule has 3 heterocycles. The van der Waals surface area contributed by atoms with Gasteiger partial charge in [-0.05, 0) is 50.4 Å². The number of aromatic nitrogens is 3. The van der Waals surface area contributed by atoms with E-state index in [1.807, 2.05) is 11.8 Å². The number of piperazine rings is 1. The molecule has 4 aromatic rings. The molecule has 0 aliphatic carbocycles. The number of nitrogens with one attached hydrogen (secondary N) is 4. The second-order valence-corrected chi connectivity index (χ2v) is 8.55. The number of aryl methyl sites for hydroxylation is 1. The van der Waals surface area contributed by atoms with Crippen molar-refractivity contribution in [1.29, 1.82) is 0 Å². The number of fused-ring (bicyclic) bond motifs is 1. The second-order valence-electron chi connectivity index (χ2n) is 8.55. The predicted octanol–water partition coefficient (Wildman–Crippen LogP) is 3.70. The van der Waals surface area contributed by atoms with Crippen LogP contribution in [0.4, 0.5) is 26.0 Å². The summed E-state index contributed by atoms with van der Waals surface area (Å²) >= 11 is 0. The predicted molar refractivity (Wildman–Crippen MR) is 134 cm³/mol. The molecular weight excluding hydrogens is 468 g/mol. The lowest BCUT2D eigenvalue weighted by Gasteiger charge is -2.29. The maximum Gasteiger partial charge on any atom is 0.231 e. The molecule has 5 rings (SSSR count). The van der Waals surface area contributed by atoms with Gasteiger partial charge in [0.25, 0.3) is 0 Å². The van der Waals surface area contributed by atoms with E-state index < -0.39 is 12.0 Å². The summed E-state index contributed by atoms with van der Waals surface area (Å²) in [5.41, 5.74) is 2.56. The Hall–Kier alpha value is -3.80. The van der Waals surface area contributed by atoms with Crippen molar-refractivity contribution >= 4 is 28.1 Å². The van der Waals surface area contributed by atoms with Crippen molar-refractivity contribution in [3.05, 3.63) is 65.6 Å². The van der Waals surface area contributed by atoms with Gasteiger partial charge >= 0.3 is 0 Å². The highest BCUT2D eigenvalue weighted by molar-refractivity contribution is 5.83. The molecule has 1 atom stereocenters. The molecule has 188 valence electrons. The molecule has 2 aromatic heterocycles. The number of ether oxygens (including phenoxy) is 1. The lowest BCUT2D eigenvalue weighted by atomic mass is 10.2. The van der Waals surface area contributed by atoms with Crippen molar-refractivity contribution in [3.8, 4) is 11.6 Å². The molecular formula is C25H27F2N7O2. The zero-order chi connectivity index (χ0) is 25.2. The third kappa shape index (κ3) is 4.68. The van der Waals surface area contributed by atoms with Crippen LogP contribution in [0.2, 0.25) is 0 Å². The number of H-pyrrole nitrogens is 1. The van der Waals surface area contributed by atoms with Crippen LogP contribution < -0.4 is 25.6 Å². The van der Waals surface area contributed by atoms with E-state index in [1.165, 1.54) is 18.5 Å². The Morgan fingerprint density at radius 2 is 1.92 bits per heavy atom. The molecule has 1 saturated heterocycles. The second kappa shape index (κ2) is 10.1. The van der Waals surface area contributed by atoms with Crippen LogP contribution in [0.5, 0.6) is 11.6 Å². The number of nitrogens with zero attached hydrogens (tertiary/aromatic N) is 3. The van der Waals surface area contributed by atoms with Crippen molar-refractivity contribution in [3.63, 3.8) is 0 Å². The van der Waals surface area contributed by atoms with E-state index in [9.17, 15) is 9.50 Å². The minimum Gasteiger partial charge on any atom is -0.435 e. The van der Waals surface area contributed by atoms with Gasteiger partial charge < -0.3 is 30.4 Å². The van der Waals surface area contributed by atoms with E-state index in [-0.39, 0.29) is 28.8 Å². The van der Waals surface area contributed by atoms with Crippen molar-refractivity contribution in [1.82, 2.24) is 25.6 Å². The quantitative estimate of drug-likeness (QED) is 0.247. The van der Waals surface area contributed by atoms with Crippen LogP contribution in [-0.4, -0.2) is 53.3 Å². The van der Waals surface area contributed by atoms with Crippen molar-refractivity contribution < 1.29 is 18.6 Å². The van der Waals surface area contributed by atoms with Crippen LogP contribution in [0.3, 0.4) is 0 Å². The van der Waals surface area contributed by atoms with E-state index in [0.29, 0.717) is 22.3 Å². The largest absolute Gasteiger partial charge is 0.435 e. The number of aliphatic hydroxyl groups excluding tert-OH is 1. The average Bonchev–Trinajstić information content (AvgIpc) is 3.27. The van der Waals surface area contributed by atoms with Crippen LogP contribution in [0.1, 0.15) is 17.5 Å². The lowest BCUT2D eigenvalue weighted by Crippen LogP contribution is -2.43. The molecule has 5 N–H and O–H groups in total. The van der Waals surface area contributed by atoms with Gasteiger partial charge in [0.15, 0.2) is 11.6 Å². The summed E-state index contributed by atoms with van der Waals surface area (Å²) in [7, 11) is 1.54. The van der Waals surface area contributed by atoms with Crippen LogP contribution in [0.25, 0.3) is 10.9 Å². The Kier molecular flexibility index (Phi) is 6.68. The molecule has 0 saturated carbocycles. The molecule has 11 heteroatoms. The molecule has 9 nitrogen and oxygen atoms in total. The first-order valence-electron chi connectivity index (χ1n) is 11.6. The molecule has 1 aliphatic heterocycles. The van der Waals surface area contributed by atoms with Gasteiger partial charge in [-0.25, -0.2) is 18.7 Å². The molecule has 2 aromatic carbocycles. The summed E-state index contributed by atoms with van der Waals surface area (Å²) in [5, 5.41) is 20.0. The van der Waals surface area contributed by atoms with Crippen LogP contribution in [0, 0.1) is 18.6 Å². The number of anilines is 3. The number of benzene rings is 2. The van der Waals surface area contributed by atoms with Crippen molar-refractivity contribution in [2.45, 2.75) is 13.2 Å². The maximum absolute atomic E-state index is 15.1. The normalized spacial score (nSPS) is 14.8. The first-order valence-corrected chi connectivity index (χ1v) is 11.6. The van der Waals surface area contributed by atoms with Gasteiger partial charge in [0.1, 0.15) is 29.8 Å². The summed E-state index contributed by atoms with van der Waals surface area (Å²) in [5.74, 6) is -0.837. The SMILES string of the molecule is CNC(O)c1c(Nc2ccc(N3CCNCC3)c(F)c2)ncnc1Oc1ccc2[nH]c(C)cc2c1F. The molecule has 0 radical (unpaired) electrons. The lowest BCUT2D eigenvalue weighted by molar-refractivity contribution is 0.146. The molecule has 1 aliphatic rings. The highest BCUT2D eigenvalue weighted by atomic mass is 19.1. The zero-order valence-electron chi connectivity index (χ0n) is 19.9. The highest BCUT2D eigenvalue weighted by Crippen LogP contribution is 2.36. The highest BCUT2D eigenvalue weighted by Gasteiger charge is 2.23. The molecule has 36 heavy (non-hydrogen) atoms. The minimum absolute atomic E-state index is 0.0437. The van der Waals surface area contributed by atoms with E-state index in [0.717, 1.165) is 31.9 Å². The summed E-state index contributed by atoms with van der Waals surface area (Å²) in [4.78, 5) is 13.4. The van der Waals surface area contributed by atoms with Gasteiger partial charge in [-0.2, -0.15) is 0 Å². The molecule has 1 unspecified atom stereocenters. The maximum atomic E-state index is 15.1. The number of halogens is 2. The first kappa shape index (κ1) is 23.9. The number of rotatable bonds is 7. The fourth-order valence-corrected chi connectivity index (χ4v) is 4.31. The minimum atomic E-state index is -1.24. The summed E-state index contributed by atoms with van der Waals surface area (Å²) in [6, 6.07) is 9.70. The van der Waals surface area contributed by atoms with E-state index in [2.05, 4.69) is 30.9 Å². The third-order valence-corrected chi connectivity index (χ3v) is 6.11. The van der Waals surface area contributed by atoms with Crippen molar-refractivity contribution in [2.75, 3.05) is 43.4 Å². The van der Waals surface area contributed by atoms with Gasteiger partial charge in [-0.1, -0.05) is 0 Å². The summed E-state index contributed by atoms with van der Waals surface area (Å²) in [6.45, 7) is 4.87. The molecule has 0 spiro atoms. The number of aliphatic hydroxyl groups is 1. The monoisotopic (exact) mass is 495 g/mol. The molecule has 0 bridgehead atoms. The zero-order valence-corrected chi connectivity index (χ0v) is 19.9. The van der Waals surface area contributed by atoms with Crippen molar-refractivity contribution in [2.24, 2.45) is 0 Å². The summed E-state index contributed by atoms with van der Waals surface area (Å²) in [6.07, 6.45) is -0.0127. The summed E-state index contributed by atoms with van der Waals surface area (Å²) < 4.78 is 35.9. The molecule has 0 amide bonds. The standard InChI is InChI=1S/C25H27F2N7O2/c1-14-11-16-18(32-14)4-6-20(22(16)27)36-25-21(24(35)28-2)23(30-13-31-25)33-15-3-5-19(17(26)12-15)34-9-7-29-8-10-34/h3-6,11-13,24,28-29,32,35H,7-10H2,1-2H3,(H,30,31,33). The number of aromatic amines is 1. The van der Waals surface area contributed by atoms with Gasteiger partial charge in [-0.3, -0.25) is 5.32 Å². The Bertz CT molecular complexity index is 1390. The fraction of sp³-hybridized carbons (Fsp3) is 0.280. The van der Waals surface area contributed by atoms with Crippen LogP contribution in [0.15, 0.2) is 42.7 Å². The Labute approximate surface area is 206 Å². The van der Waals surface area contributed by atoms with E-state index in [4.69, 9.17) is 4.74 Å². The van der Waals surface area contributed by atoms with E-state index in [1.54, 1.807) is 31.3 Å². The first-order chi connectivity index (χ1) is 17.4. The topological polar surface area (TPSA) is 110 Å². The number of hydrogen-bond donors (Lipinski definition) is 5. The molecule has 1 fully saturated rings. The Balaban J connectivity index is 1.46. The Morgan fingerprint density at radius 1 is 1.11 bits per heavy atom. The fourth-order valence-electron chi connectivity index (χ4n) is 4.31.